The molecule has 3 heteroatoms. The van der Waals surface area contributed by atoms with Crippen LogP contribution in [0.3, 0.4) is 0 Å². The lowest BCUT2D eigenvalue weighted by molar-refractivity contribution is 0.373. The van der Waals surface area contributed by atoms with E-state index in [1.54, 1.807) is 24.3 Å². The van der Waals surface area contributed by atoms with Crippen LogP contribution >= 0.6 is 0 Å². The van der Waals surface area contributed by atoms with Crippen molar-refractivity contribution in [2.75, 3.05) is 7.11 Å². The normalized spacial score (nSPS) is 10.3. The fourth-order valence-corrected chi connectivity index (χ4v) is 1.72. The molecule has 0 aliphatic heterocycles. The van der Waals surface area contributed by atoms with E-state index in [1.165, 1.54) is 19.2 Å². The predicted molar refractivity (Wildman–Crippen MR) is 64.8 cm³/mol. The highest BCUT2D eigenvalue weighted by molar-refractivity contribution is 5.68. The second kappa shape index (κ2) is 4.45. The molecule has 0 radical (unpaired) electrons. The van der Waals surface area contributed by atoms with Gasteiger partial charge in [0.2, 0.25) is 0 Å². The quantitative estimate of drug-likeness (QED) is 0.858. The lowest BCUT2D eigenvalue weighted by atomic mass is 10.0. The Morgan fingerprint density at radius 1 is 1.12 bits per heavy atom. The SMILES string of the molecule is COc1ccc(-c2cc(C)ccc2F)cc1O. The predicted octanol–water partition coefficient (Wildman–Crippen LogP) is 3.52. The molecule has 0 heterocycles. The van der Waals surface area contributed by atoms with Crippen molar-refractivity contribution in [3.8, 4) is 22.6 Å². The van der Waals surface area contributed by atoms with E-state index in [2.05, 4.69) is 0 Å². The molecule has 0 aromatic heterocycles. The van der Waals surface area contributed by atoms with E-state index in [-0.39, 0.29) is 11.6 Å². The Morgan fingerprint density at radius 3 is 2.53 bits per heavy atom. The van der Waals surface area contributed by atoms with Gasteiger partial charge in [0, 0.05) is 5.56 Å². The van der Waals surface area contributed by atoms with Gasteiger partial charge in [-0.15, -0.1) is 0 Å². The molecule has 2 rings (SSSR count). The average molecular weight is 232 g/mol. The number of rotatable bonds is 2. The van der Waals surface area contributed by atoms with Gasteiger partial charge in [0.25, 0.3) is 0 Å². The number of hydrogen-bond donors (Lipinski definition) is 1. The van der Waals surface area contributed by atoms with Crippen LogP contribution in [-0.2, 0) is 0 Å². The zero-order chi connectivity index (χ0) is 12.4. The second-order valence-corrected chi connectivity index (χ2v) is 3.87. The number of aromatic hydroxyl groups is 1. The van der Waals surface area contributed by atoms with Gasteiger partial charge in [-0.3, -0.25) is 0 Å². The summed E-state index contributed by atoms with van der Waals surface area (Å²) < 4.78 is 18.6. The largest absolute Gasteiger partial charge is 0.504 e. The molecule has 0 amide bonds. The van der Waals surface area contributed by atoms with E-state index in [0.717, 1.165) is 5.56 Å². The smallest absolute Gasteiger partial charge is 0.160 e. The van der Waals surface area contributed by atoms with Crippen molar-refractivity contribution < 1.29 is 14.2 Å². The van der Waals surface area contributed by atoms with Crippen LogP contribution in [0.5, 0.6) is 11.5 Å². The van der Waals surface area contributed by atoms with Gasteiger partial charge in [-0.25, -0.2) is 4.39 Å². The highest BCUT2D eigenvalue weighted by Crippen LogP contribution is 2.32. The standard InChI is InChI=1S/C14H13FO2/c1-9-3-5-12(15)11(7-9)10-4-6-14(17-2)13(16)8-10/h3-8,16H,1-2H3. The Morgan fingerprint density at radius 2 is 1.88 bits per heavy atom. The van der Waals surface area contributed by atoms with E-state index in [9.17, 15) is 9.50 Å². The van der Waals surface area contributed by atoms with Crippen LogP contribution in [0.25, 0.3) is 11.1 Å². The van der Waals surface area contributed by atoms with Crippen LogP contribution in [0.4, 0.5) is 4.39 Å². The lowest BCUT2D eigenvalue weighted by Crippen LogP contribution is -1.88. The number of phenols is 1. The third-order valence-corrected chi connectivity index (χ3v) is 2.61. The zero-order valence-electron chi connectivity index (χ0n) is 9.70. The Balaban J connectivity index is 2.53. The summed E-state index contributed by atoms with van der Waals surface area (Å²) in [5.74, 6) is 0.0767. The van der Waals surface area contributed by atoms with E-state index in [4.69, 9.17) is 4.74 Å². The monoisotopic (exact) mass is 232 g/mol. The molecule has 0 saturated carbocycles. The molecule has 0 unspecified atom stereocenters. The fourth-order valence-electron chi connectivity index (χ4n) is 1.72. The second-order valence-electron chi connectivity index (χ2n) is 3.87. The van der Waals surface area contributed by atoms with Crippen LogP contribution in [0.15, 0.2) is 36.4 Å². The van der Waals surface area contributed by atoms with Crippen molar-refractivity contribution >= 4 is 0 Å². The first-order chi connectivity index (χ1) is 8.11. The number of methoxy groups -OCH3 is 1. The maximum absolute atomic E-state index is 13.7. The van der Waals surface area contributed by atoms with Crippen molar-refractivity contribution in [1.29, 1.82) is 0 Å². The third-order valence-electron chi connectivity index (χ3n) is 2.61. The summed E-state index contributed by atoms with van der Waals surface area (Å²) in [4.78, 5) is 0. The first-order valence-corrected chi connectivity index (χ1v) is 5.25. The van der Waals surface area contributed by atoms with Gasteiger partial charge in [0.15, 0.2) is 11.5 Å². The lowest BCUT2D eigenvalue weighted by Gasteiger charge is -2.08. The first kappa shape index (κ1) is 11.5. The number of phenolic OH excluding ortho intramolecular Hbond substituents is 1. The van der Waals surface area contributed by atoms with Gasteiger partial charge >= 0.3 is 0 Å². The minimum Gasteiger partial charge on any atom is -0.504 e. The van der Waals surface area contributed by atoms with Crippen LogP contribution < -0.4 is 4.74 Å². The number of aryl methyl sites for hydroxylation is 1. The molecule has 0 spiro atoms. The number of halogens is 1. The van der Waals surface area contributed by atoms with E-state index < -0.39 is 0 Å². The highest BCUT2D eigenvalue weighted by atomic mass is 19.1. The van der Waals surface area contributed by atoms with E-state index in [1.807, 2.05) is 6.92 Å². The van der Waals surface area contributed by atoms with Crippen molar-refractivity contribution in [2.45, 2.75) is 6.92 Å². The molecule has 88 valence electrons. The van der Waals surface area contributed by atoms with Gasteiger partial charge in [-0.05, 0) is 36.8 Å². The maximum Gasteiger partial charge on any atom is 0.160 e. The summed E-state index contributed by atoms with van der Waals surface area (Å²) in [5, 5.41) is 9.67. The topological polar surface area (TPSA) is 29.5 Å². The van der Waals surface area contributed by atoms with Crippen molar-refractivity contribution in [3.63, 3.8) is 0 Å². The van der Waals surface area contributed by atoms with Crippen molar-refractivity contribution in [3.05, 3.63) is 47.8 Å². The Kier molecular flexibility index (Phi) is 3.00. The van der Waals surface area contributed by atoms with Gasteiger partial charge in [-0.2, -0.15) is 0 Å². The Labute approximate surface area is 99.3 Å². The Bertz CT molecular complexity index is 550. The van der Waals surface area contributed by atoms with Gasteiger partial charge in [0.1, 0.15) is 5.82 Å². The van der Waals surface area contributed by atoms with Crippen LogP contribution in [0.1, 0.15) is 5.56 Å². The van der Waals surface area contributed by atoms with Gasteiger partial charge in [-0.1, -0.05) is 17.7 Å². The van der Waals surface area contributed by atoms with Crippen LogP contribution in [0.2, 0.25) is 0 Å². The van der Waals surface area contributed by atoms with Gasteiger partial charge < -0.3 is 9.84 Å². The van der Waals surface area contributed by atoms with Crippen LogP contribution in [0, 0.1) is 12.7 Å². The molecule has 0 fully saturated rings. The summed E-state index contributed by atoms with van der Waals surface area (Å²) in [6, 6.07) is 9.71. The molecule has 17 heavy (non-hydrogen) atoms. The number of benzene rings is 2. The van der Waals surface area contributed by atoms with Crippen molar-refractivity contribution in [1.82, 2.24) is 0 Å². The minimum atomic E-state index is -0.305. The molecule has 2 aromatic carbocycles. The highest BCUT2D eigenvalue weighted by Gasteiger charge is 2.08. The summed E-state index contributed by atoms with van der Waals surface area (Å²) in [6.07, 6.45) is 0. The molecular formula is C14H13FO2. The third kappa shape index (κ3) is 2.23. The molecule has 0 aliphatic rings. The first-order valence-electron chi connectivity index (χ1n) is 5.25. The van der Waals surface area contributed by atoms with E-state index in [0.29, 0.717) is 16.9 Å². The molecule has 2 aromatic rings. The summed E-state index contributed by atoms with van der Waals surface area (Å²) in [6.45, 7) is 1.90. The van der Waals surface area contributed by atoms with E-state index >= 15 is 0 Å². The summed E-state index contributed by atoms with van der Waals surface area (Å²) >= 11 is 0. The van der Waals surface area contributed by atoms with Gasteiger partial charge in [0.05, 0.1) is 7.11 Å². The Hall–Kier alpha value is -2.03. The number of ether oxygens (including phenoxy) is 1. The number of hydrogen-bond acceptors (Lipinski definition) is 2. The summed E-state index contributed by atoms with van der Waals surface area (Å²) in [7, 11) is 1.47. The molecule has 0 atom stereocenters. The molecule has 0 bridgehead atoms. The molecule has 0 aliphatic carbocycles. The summed E-state index contributed by atoms with van der Waals surface area (Å²) in [5.41, 5.74) is 2.07. The zero-order valence-corrected chi connectivity index (χ0v) is 9.70. The maximum atomic E-state index is 13.7. The molecular weight excluding hydrogens is 219 g/mol. The average Bonchev–Trinajstić information content (AvgIpc) is 2.32. The molecule has 0 saturated heterocycles. The van der Waals surface area contributed by atoms with Crippen LogP contribution in [-0.4, -0.2) is 12.2 Å². The minimum absolute atomic E-state index is 0.00547. The van der Waals surface area contributed by atoms with Crippen molar-refractivity contribution in [2.24, 2.45) is 0 Å². The molecule has 1 N–H and O–H groups in total. The molecule has 2 nitrogen and oxygen atoms in total. The fraction of sp³-hybridized carbons (Fsp3) is 0.143.